The number of rotatable bonds is 4. The van der Waals surface area contributed by atoms with Gasteiger partial charge in [-0.3, -0.25) is 0 Å². The summed E-state index contributed by atoms with van der Waals surface area (Å²) in [5.41, 5.74) is 2.79. The van der Waals surface area contributed by atoms with Crippen molar-refractivity contribution in [1.29, 1.82) is 0 Å². The number of hydrazine groups is 1. The summed E-state index contributed by atoms with van der Waals surface area (Å²) in [6, 6.07) is 19.8. The summed E-state index contributed by atoms with van der Waals surface area (Å²) < 4.78 is 5.79. The lowest BCUT2D eigenvalue weighted by molar-refractivity contribution is 0.302. The van der Waals surface area contributed by atoms with Crippen LogP contribution in [0.25, 0.3) is 10.9 Å². The van der Waals surface area contributed by atoms with Gasteiger partial charge in [0.15, 0.2) is 0 Å². The van der Waals surface area contributed by atoms with Gasteiger partial charge in [-0.25, -0.2) is 10.8 Å². The van der Waals surface area contributed by atoms with E-state index in [1.807, 2.05) is 54.6 Å². The van der Waals surface area contributed by atoms with Gasteiger partial charge >= 0.3 is 0 Å². The monoisotopic (exact) mass is 279 g/mol. The van der Waals surface area contributed by atoms with Crippen molar-refractivity contribution in [3.63, 3.8) is 0 Å². The number of pyridine rings is 1. The average molecular weight is 279 g/mol. The highest BCUT2D eigenvalue weighted by Gasteiger charge is 2.02. The number of nitrogens with zero attached hydrogens (tertiary/aromatic N) is 2. The van der Waals surface area contributed by atoms with Crippen LogP contribution >= 0.6 is 0 Å². The zero-order valence-electron chi connectivity index (χ0n) is 11.9. The minimum atomic E-state index is 0.433. The lowest BCUT2D eigenvalue weighted by atomic mass is 10.2. The number of hydrogen-bond donors (Lipinski definition) is 1. The molecule has 0 bridgehead atoms. The number of hydrogen-bond acceptors (Lipinski definition) is 4. The lowest BCUT2D eigenvalue weighted by Gasteiger charge is -2.13. The van der Waals surface area contributed by atoms with Crippen molar-refractivity contribution in [3.05, 3.63) is 66.4 Å². The fourth-order valence-electron chi connectivity index (χ4n) is 2.14. The molecule has 0 aliphatic heterocycles. The second-order valence-electron chi connectivity index (χ2n) is 4.89. The standard InChI is InChI=1S/C17H17N3O/c1-20(18)15-6-4-7-16(11-15)21-12-14-10-9-13-5-2-3-8-17(13)19-14/h2-11H,12,18H2,1H3. The first kappa shape index (κ1) is 13.4. The first-order valence-electron chi connectivity index (χ1n) is 6.78. The van der Waals surface area contributed by atoms with Gasteiger partial charge in [0, 0.05) is 18.5 Å². The fourth-order valence-corrected chi connectivity index (χ4v) is 2.14. The second-order valence-corrected chi connectivity index (χ2v) is 4.89. The highest BCUT2D eigenvalue weighted by molar-refractivity contribution is 5.78. The summed E-state index contributed by atoms with van der Waals surface area (Å²) in [4.78, 5) is 4.59. The third-order valence-corrected chi connectivity index (χ3v) is 3.27. The molecule has 0 atom stereocenters. The Morgan fingerprint density at radius 3 is 2.76 bits per heavy atom. The summed E-state index contributed by atoms with van der Waals surface area (Å²) in [5.74, 6) is 6.50. The van der Waals surface area contributed by atoms with Gasteiger partial charge in [0.05, 0.1) is 16.9 Å². The minimum absolute atomic E-state index is 0.433. The van der Waals surface area contributed by atoms with Crippen LogP contribution in [0.4, 0.5) is 5.69 Å². The summed E-state index contributed by atoms with van der Waals surface area (Å²) in [7, 11) is 1.80. The number of ether oxygens (including phenoxy) is 1. The molecule has 4 nitrogen and oxygen atoms in total. The molecule has 0 aliphatic carbocycles. The predicted molar refractivity (Wildman–Crippen MR) is 85.1 cm³/mol. The van der Waals surface area contributed by atoms with E-state index in [9.17, 15) is 0 Å². The third-order valence-electron chi connectivity index (χ3n) is 3.27. The Morgan fingerprint density at radius 1 is 1.05 bits per heavy atom. The van der Waals surface area contributed by atoms with Gasteiger partial charge in [-0.15, -0.1) is 0 Å². The van der Waals surface area contributed by atoms with Crippen LogP contribution in [0.3, 0.4) is 0 Å². The van der Waals surface area contributed by atoms with Gasteiger partial charge in [0.1, 0.15) is 12.4 Å². The Morgan fingerprint density at radius 2 is 1.90 bits per heavy atom. The van der Waals surface area contributed by atoms with Crippen molar-refractivity contribution in [1.82, 2.24) is 4.98 Å². The SMILES string of the molecule is CN(N)c1cccc(OCc2ccc3ccccc3n2)c1. The Kier molecular flexibility index (Phi) is 3.71. The van der Waals surface area contributed by atoms with Crippen LogP contribution in [0.5, 0.6) is 5.75 Å². The molecule has 0 saturated heterocycles. The van der Waals surface area contributed by atoms with Gasteiger partial charge in [-0.05, 0) is 24.3 Å². The van der Waals surface area contributed by atoms with Gasteiger partial charge in [0.25, 0.3) is 0 Å². The minimum Gasteiger partial charge on any atom is -0.487 e. The van der Waals surface area contributed by atoms with E-state index in [2.05, 4.69) is 11.1 Å². The molecule has 0 saturated carbocycles. The largest absolute Gasteiger partial charge is 0.487 e. The second kappa shape index (κ2) is 5.81. The molecular formula is C17H17N3O. The van der Waals surface area contributed by atoms with Gasteiger partial charge in [0.2, 0.25) is 0 Å². The maximum Gasteiger partial charge on any atom is 0.130 e. The van der Waals surface area contributed by atoms with E-state index in [0.29, 0.717) is 6.61 Å². The van der Waals surface area contributed by atoms with Crippen molar-refractivity contribution in [2.75, 3.05) is 12.1 Å². The van der Waals surface area contributed by atoms with E-state index < -0.39 is 0 Å². The van der Waals surface area contributed by atoms with Crippen LogP contribution in [-0.4, -0.2) is 12.0 Å². The normalized spacial score (nSPS) is 10.6. The number of fused-ring (bicyclic) bond motifs is 1. The first-order valence-corrected chi connectivity index (χ1v) is 6.78. The topological polar surface area (TPSA) is 51.4 Å². The number of para-hydroxylation sites is 1. The third kappa shape index (κ3) is 3.12. The quantitative estimate of drug-likeness (QED) is 0.589. The summed E-state index contributed by atoms with van der Waals surface area (Å²) in [6.45, 7) is 0.433. The van der Waals surface area contributed by atoms with Gasteiger partial charge < -0.3 is 9.75 Å². The molecule has 0 spiro atoms. The molecular weight excluding hydrogens is 262 g/mol. The van der Waals surface area contributed by atoms with Gasteiger partial charge in [-0.1, -0.05) is 30.3 Å². The van der Waals surface area contributed by atoms with E-state index in [4.69, 9.17) is 10.6 Å². The maximum atomic E-state index is 5.79. The van der Waals surface area contributed by atoms with Crippen LogP contribution in [0.2, 0.25) is 0 Å². The molecule has 21 heavy (non-hydrogen) atoms. The van der Waals surface area contributed by atoms with Crippen molar-refractivity contribution < 1.29 is 4.74 Å². The molecule has 3 rings (SSSR count). The van der Waals surface area contributed by atoms with Gasteiger partial charge in [-0.2, -0.15) is 0 Å². The van der Waals surface area contributed by atoms with Crippen LogP contribution in [-0.2, 0) is 6.61 Å². The fraction of sp³-hybridized carbons (Fsp3) is 0.118. The molecule has 1 heterocycles. The molecule has 2 aromatic carbocycles. The number of benzene rings is 2. The molecule has 0 radical (unpaired) electrons. The van der Waals surface area contributed by atoms with E-state index in [0.717, 1.165) is 28.0 Å². The summed E-state index contributed by atoms with van der Waals surface area (Å²) in [5, 5.41) is 2.69. The van der Waals surface area contributed by atoms with E-state index in [-0.39, 0.29) is 0 Å². The Labute approximate surface area is 123 Å². The van der Waals surface area contributed by atoms with E-state index in [1.54, 1.807) is 12.1 Å². The number of aromatic nitrogens is 1. The Hall–Kier alpha value is -2.59. The van der Waals surface area contributed by atoms with Crippen molar-refractivity contribution >= 4 is 16.6 Å². The summed E-state index contributed by atoms with van der Waals surface area (Å²) >= 11 is 0. The molecule has 0 fully saturated rings. The lowest BCUT2D eigenvalue weighted by Crippen LogP contribution is -2.24. The highest BCUT2D eigenvalue weighted by Crippen LogP contribution is 2.20. The van der Waals surface area contributed by atoms with Crippen molar-refractivity contribution in [2.45, 2.75) is 6.61 Å². The zero-order chi connectivity index (χ0) is 14.7. The Bertz CT molecular complexity index is 756. The number of nitrogens with two attached hydrogens (primary N) is 1. The van der Waals surface area contributed by atoms with E-state index in [1.165, 1.54) is 0 Å². The molecule has 0 amide bonds. The molecule has 0 aliphatic rings. The first-order chi connectivity index (χ1) is 10.2. The molecule has 106 valence electrons. The van der Waals surface area contributed by atoms with Crippen molar-refractivity contribution in [3.8, 4) is 5.75 Å². The van der Waals surface area contributed by atoms with Crippen molar-refractivity contribution in [2.24, 2.45) is 5.84 Å². The Balaban J connectivity index is 1.75. The molecule has 3 aromatic rings. The van der Waals surface area contributed by atoms with E-state index >= 15 is 0 Å². The average Bonchev–Trinajstić information content (AvgIpc) is 2.53. The zero-order valence-corrected chi connectivity index (χ0v) is 11.9. The predicted octanol–water partition coefficient (Wildman–Crippen LogP) is 3.12. The molecule has 0 unspecified atom stereocenters. The van der Waals surface area contributed by atoms with Crippen LogP contribution in [0.1, 0.15) is 5.69 Å². The summed E-state index contributed by atoms with van der Waals surface area (Å²) in [6.07, 6.45) is 0. The molecule has 2 N–H and O–H groups in total. The van der Waals surface area contributed by atoms with Crippen LogP contribution in [0.15, 0.2) is 60.7 Å². The molecule has 4 heteroatoms. The maximum absolute atomic E-state index is 5.79. The highest BCUT2D eigenvalue weighted by atomic mass is 16.5. The number of anilines is 1. The molecule has 1 aromatic heterocycles. The van der Waals surface area contributed by atoms with Crippen LogP contribution in [0, 0.1) is 0 Å². The van der Waals surface area contributed by atoms with Crippen LogP contribution < -0.4 is 15.6 Å². The smallest absolute Gasteiger partial charge is 0.130 e.